The fraction of sp³-hybridized carbons (Fsp3) is 0.667. The number of halogens is 1. The summed E-state index contributed by atoms with van der Waals surface area (Å²) < 4.78 is 12.6. The van der Waals surface area contributed by atoms with Crippen molar-refractivity contribution < 1.29 is 9.47 Å². The molecular weight excluding hydrogens is 298 g/mol. The van der Waals surface area contributed by atoms with Gasteiger partial charge in [-0.2, -0.15) is 0 Å². The second-order valence-corrected chi connectivity index (χ2v) is 6.25. The topological polar surface area (TPSA) is 21.7 Å². The maximum atomic E-state index is 6.30. The van der Waals surface area contributed by atoms with Crippen LogP contribution in [0.15, 0.2) is 30.3 Å². The van der Waals surface area contributed by atoms with Gasteiger partial charge >= 0.3 is 0 Å². The van der Waals surface area contributed by atoms with Gasteiger partial charge in [0.1, 0.15) is 0 Å². The maximum absolute atomic E-state index is 6.30. The first-order valence-corrected chi connectivity index (χ1v) is 8.41. The zero-order chi connectivity index (χ0) is 14.5. The number of fused-ring (bicyclic) bond motifs is 1. The molecule has 3 nitrogen and oxygen atoms in total. The normalized spacial score (nSPS) is 28.7. The molecule has 0 bridgehead atoms. The number of rotatable bonds is 5. The van der Waals surface area contributed by atoms with Crippen molar-refractivity contribution in [1.29, 1.82) is 0 Å². The first kappa shape index (κ1) is 17.7. The Kier molecular flexibility index (Phi) is 6.69. The van der Waals surface area contributed by atoms with Crippen molar-refractivity contribution in [3.63, 3.8) is 0 Å². The highest BCUT2D eigenvalue weighted by Crippen LogP contribution is 2.35. The molecule has 0 aliphatic carbocycles. The molecule has 124 valence electrons. The average Bonchev–Trinajstić information content (AvgIpc) is 2.56. The van der Waals surface area contributed by atoms with Gasteiger partial charge in [-0.1, -0.05) is 50.1 Å². The molecule has 1 aromatic carbocycles. The first-order valence-electron chi connectivity index (χ1n) is 8.41. The average molecular weight is 326 g/mol. The lowest BCUT2D eigenvalue weighted by molar-refractivity contribution is -0.290. The van der Waals surface area contributed by atoms with E-state index in [4.69, 9.17) is 9.47 Å². The van der Waals surface area contributed by atoms with Crippen molar-refractivity contribution in [2.24, 2.45) is 0 Å². The zero-order valence-electron chi connectivity index (χ0n) is 13.5. The standard InChI is InChI=1S/C18H27NO2.ClH/c1-2-3-13-20-18(16-9-5-4-6-10-16)15-19-12-8-7-11-17(19)14-21-18;/h4-6,9-10,17H,2-3,7-8,11-15H2,1H3;1H. The van der Waals surface area contributed by atoms with Gasteiger partial charge in [-0.3, -0.25) is 4.90 Å². The molecule has 0 saturated carbocycles. The first-order chi connectivity index (χ1) is 10.3. The molecule has 0 N–H and O–H groups in total. The molecule has 1 aromatic rings. The molecule has 2 aliphatic rings. The van der Waals surface area contributed by atoms with E-state index in [9.17, 15) is 0 Å². The van der Waals surface area contributed by atoms with Crippen LogP contribution in [0.5, 0.6) is 0 Å². The largest absolute Gasteiger partial charge is 0.345 e. The van der Waals surface area contributed by atoms with Crippen LogP contribution in [0.25, 0.3) is 0 Å². The van der Waals surface area contributed by atoms with E-state index >= 15 is 0 Å². The second kappa shape index (κ2) is 8.30. The van der Waals surface area contributed by atoms with Crippen molar-refractivity contribution in [2.75, 3.05) is 26.3 Å². The lowest BCUT2D eigenvalue weighted by Gasteiger charge is -2.48. The summed E-state index contributed by atoms with van der Waals surface area (Å²) in [5.74, 6) is -0.565. The summed E-state index contributed by atoms with van der Waals surface area (Å²) in [6.07, 6.45) is 6.13. The van der Waals surface area contributed by atoms with Gasteiger partial charge < -0.3 is 9.47 Å². The van der Waals surface area contributed by atoms with Gasteiger partial charge in [0.2, 0.25) is 5.79 Å². The van der Waals surface area contributed by atoms with Gasteiger partial charge in [0.15, 0.2) is 0 Å². The molecule has 2 saturated heterocycles. The van der Waals surface area contributed by atoms with Gasteiger partial charge in [-0.05, 0) is 25.8 Å². The van der Waals surface area contributed by atoms with E-state index < -0.39 is 5.79 Å². The number of hydrogen-bond donors (Lipinski definition) is 0. The van der Waals surface area contributed by atoms with Crippen LogP contribution in [-0.2, 0) is 15.3 Å². The van der Waals surface area contributed by atoms with Crippen molar-refractivity contribution in [3.05, 3.63) is 35.9 Å². The number of benzene rings is 1. The minimum Gasteiger partial charge on any atom is -0.345 e. The van der Waals surface area contributed by atoms with Gasteiger partial charge in [0.05, 0.1) is 19.8 Å². The predicted molar refractivity (Wildman–Crippen MR) is 91.4 cm³/mol. The van der Waals surface area contributed by atoms with Crippen molar-refractivity contribution in [1.82, 2.24) is 4.90 Å². The molecule has 2 atom stereocenters. The lowest BCUT2D eigenvalue weighted by atomic mass is 9.96. The number of hydrogen-bond acceptors (Lipinski definition) is 3. The quantitative estimate of drug-likeness (QED) is 0.765. The molecule has 2 aliphatic heterocycles. The monoisotopic (exact) mass is 325 g/mol. The van der Waals surface area contributed by atoms with E-state index in [2.05, 4.69) is 42.2 Å². The molecule has 2 unspecified atom stereocenters. The number of piperidine rings is 1. The lowest BCUT2D eigenvalue weighted by Crippen LogP contribution is -2.57. The molecule has 0 spiro atoms. The highest BCUT2D eigenvalue weighted by Gasteiger charge is 2.43. The number of ether oxygens (including phenoxy) is 2. The molecule has 0 amide bonds. The van der Waals surface area contributed by atoms with Gasteiger partial charge in [0, 0.05) is 11.6 Å². The minimum atomic E-state index is -0.565. The van der Waals surface area contributed by atoms with Gasteiger partial charge in [-0.25, -0.2) is 0 Å². The van der Waals surface area contributed by atoms with E-state index in [1.807, 2.05) is 0 Å². The third-order valence-electron chi connectivity index (χ3n) is 4.72. The number of morpholine rings is 1. The van der Waals surface area contributed by atoms with Crippen LogP contribution in [0.4, 0.5) is 0 Å². The Morgan fingerprint density at radius 1 is 1.27 bits per heavy atom. The molecule has 2 heterocycles. The van der Waals surface area contributed by atoms with Gasteiger partial charge in [-0.15, -0.1) is 12.4 Å². The van der Waals surface area contributed by atoms with Crippen LogP contribution < -0.4 is 0 Å². The molecule has 3 rings (SSSR count). The molecule has 0 aromatic heterocycles. The summed E-state index contributed by atoms with van der Waals surface area (Å²) in [7, 11) is 0. The van der Waals surface area contributed by atoms with Crippen molar-refractivity contribution in [3.8, 4) is 0 Å². The molecule has 22 heavy (non-hydrogen) atoms. The minimum absolute atomic E-state index is 0. The van der Waals surface area contributed by atoms with Crippen LogP contribution in [0.3, 0.4) is 0 Å². The molecule has 4 heteroatoms. The molecule has 2 fully saturated rings. The summed E-state index contributed by atoms with van der Waals surface area (Å²) in [6, 6.07) is 11.1. The number of nitrogens with zero attached hydrogens (tertiary/aromatic N) is 1. The van der Waals surface area contributed by atoms with Gasteiger partial charge in [0.25, 0.3) is 0 Å². The fourth-order valence-electron chi connectivity index (χ4n) is 3.42. The summed E-state index contributed by atoms with van der Waals surface area (Å²) in [6.45, 7) is 5.80. The van der Waals surface area contributed by atoms with Crippen LogP contribution in [0.2, 0.25) is 0 Å². The predicted octanol–water partition coefficient (Wildman–Crippen LogP) is 3.96. The van der Waals surface area contributed by atoms with E-state index in [0.717, 1.165) is 38.2 Å². The van der Waals surface area contributed by atoms with Crippen molar-refractivity contribution in [2.45, 2.75) is 50.9 Å². The van der Waals surface area contributed by atoms with Crippen LogP contribution >= 0.6 is 12.4 Å². The zero-order valence-corrected chi connectivity index (χ0v) is 14.3. The van der Waals surface area contributed by atoms with Crippen LogP contribution in [0, 0.1) is 0 Å². The summed E-state index contributed by atoms with van der Waals surface area (Å²) >= 11 is 0. The Morgan fingerprint density at radius 3 is 2.86 bits per heavy atom. The Morgan fingerprint density at radius 2 is 2.09 bits per heavy atom. The van der Waals surface area contributed by atoms with E-state index in [0.29, 0.717) is 6.04 Å². The summed E-state index contributed by atoms with van der Waals surface area (Å²) in [4.78, 5) is 2.58. The second-order valence-electron chi connectivity index (χ2n) is 6.25. The maximum Gasteiger partial charge on any atom is 0.208 e. The summed E-state index contributed by atoms with van der Waals surface area (Å²) in [5.41, 5.74) is 1.16. The summed E-state index contributed by atoms with van der Waals surface area (Å²) in [5, 5.41) is 0. The van der Waals surface area contributed by atoms with E-state index in [1.165, 1.54) is 25.8 Å². The number of unbranched alkanes of at least 4 members (excludes halogenated alkanes) is 1. The fourth-order valence-corrected chi connectivity index (χ4v) is 3.42. The third kappa shape index (κ3) is 3.83. The van der Waals surface area contributed by atoms with Crippen molar-refractivity contribution >= 4 is 12.4 Å². The highest BCUT2D eigenvalue weighted by atomic mass is 35.5. The molecule has 0 radical (unpaired) electrons. The Balaban J connectivity index is 0.00000176. The molecular formula is C18H28ClNO2. The Hall–Kier alpha value is -0.610. The van der Waals surface area contributed by atoms with E-state index in [1.54, 1.807) is 0 Å². The SMILES string of the molecule is CCCCOC1(c2ccccc2)CN2CCCCC2CO1.Cl. The smallest absolute Gasteiger partial charge is 0.208 e. The van der Waals surface area contributed by atoms with E-state index in [-0.39, 0.29) is 12.4 Å². The highest BCUT2D eigenvalue weighted by molar-refractivity contribution is 5.85. The third-order valence-corrected chi connectivity index (χ3v) is 4.72. The Labute approximate surface area is 140 Å². The van der Waals surface area contributed by atoms with Crippen LogP contribution in [0.1, 0.15) is 44.6 Å². The van der Waals surface area contributed by atoms with Crippen LogP contribution in [-0.4, -0.2) is 37.2 Å². The Bertz CT molecular complexity index is 438.